The monoisotopic (exact) mass is 605 g/mol. The van der Waals surface area contributed by atoms with Gasteiger partial charge < -0.3 is 13.9 Å². The second-order valence-corrected chi connectivity index (χ2v) is 18.5. The predicted molar refractivity (Wildman–Crippen MR) is 164 cm³/mol. The lowest BCUT2D eigenvalue weighted by Gasteiger charge is -2.56. The summed E-state index contributed by atoms with van der Waals surface area (Å²) in [5.41, 5.74) is -0.813. The molecule has 0 saturated heterocycles. The SMILES string of the molecule is COC(=O)C1(C(=O)OC)C[C@H](N2C(=O)c3ccccc3C2=O)[C@H]2CCc3ccccc3[C@]21O[Si](C(C)C)(C(C)C)C(C)C. The molecule has 8 nitrogen and oxygen atoms in total. The van der Waals surface area contributed by atoms with Gasteiger partial charge in [0.15, 0.2) is 5.41 Å². The van der Waals surface area contributed by atoms with Crippen molar-refractivity contribution in [2.75, 3.05) is 14.2 Å². The average Bonchev–Trinajstić information content (AvgIpc) is 3.43. The van der Waals surface area contributed by atoms with Crippen molar-refractivity contribution >= 4 is 32.1 Å². The van der Waals surface area contributed by atoms with Crippen molar-refractivity contribution in [1.82, 2.24) is 4.90 Å². The quantitative estimate of drug-likeness (QED) is 0.157. The molecule has 9 heteroatoms. The molecule has 0 N–H and O–H groups in total. The summed E-state index contributed by atoms with van der Waals surface area (Å²) in [6.45, 7) is 12.9. The second kappa shape index (κ2) is 11.0. The van der Waals surface area contributed by atoms with Crippen molar-refractivity contribution in [3.05, 3.63) is 70.8 Å². The third kappa shape index (κ3) is 4.03. The van der Waals surface area contributed by atoms with E-state index in [0.29, 0.717) is 24.0 Å². The lowest BCUT2D eigenvalue weighted by atomic mass is 9.62. The highest BCUT2D eigenvalue weighted by atomic mass is 28.4. The number of fused-ring (bicyclic) bond motifs is 4. The minimum absolute atomic E-state index is 0.114. The zero-order valence-electron chi connectivity index (χ0n) is 26.4. The van der Waals surface area contributed by atoms with Crippen LogP contribution in [0.1, 0.15) is 86.2 Å². The second-order valence-electron chi connectivity index (χ2n) is 13.1. The Bertz CT molecular complexity index is 1390. The summed E-state index contributed by atoms with van der Waals surface area (Å²) in [5, 5.41) is 0. The van der Waals surface area contributed by atoms with Gasteiger partial charge in [-0.2, -0.15) is 0 Å². The average molecular weight is 606 g/mol. The molecule has 0 radical (unpaired) electrons. The first-order valence-electron chi connectivity index (χ1n) is 15.3. The van der Waals surface area contributed by atoms with Crippen LogP contribution in [0.5, 0.6) is 0 Å². The van der Waals surface area contributed by atoms with Gasteiger partial charge in [0.1, 0.15) is 5.60 Å². The summed E-state index contributed by atoms with van der Waals surface area (Å²) in [6.07, 6.45) is 0.989. The lowest BCUT2D eigenvalue weighted by molar-refractivity contribution is -0.191. The van der Waals surface area contributed by atoms with E-state index in [9.17, 15) is 19.2 Å². The fraction of sp³-hybridized carbons (Fsp3) is 0.529. The molecule has 0 bridgehead atoms. The minimum atomic E-state index is -2.86. The number of carbonyl (C=O) groups is 4. The molecule has 2 aromatic carbocycles. The molecule has 43 heavy (non-hydrogen) atoms. The van der Waals surface area contributed by atoms with Gasteiger partial charge in [0, 0.05) is 12.0 Å². The molecule has 230 valence electrons. The van der Waals surface area contributed by atoms with E-state index in [1.807, 2.05) is 24.3 Å². The molecule has 1 aliphatic heterocycles. The van der Waals surface area contributed by atoms with Gasteiger partial charge in [0.05, 0.1) is 25.3 Å². The number of nitrogens with zero attached hydrogens (tertiary/aromatic N) is 1. The summed E-state index contributed by atoms with van der Waals surface area (Å²) < 4.78 is 18.7. The van der Waals surface area contributed by atoms with Gasteiger partial charge in [-0.05, 0) is 59.1 Å². The van der Waals surface area contributed by atoms with E-state index in [2.05, 4.69) is 41.5 Å². The molecule has 3 atom stereocenters. The Hall–Kier alpha value is -3.30. The molecular weight excluding hydrogens is 562 g/mol. The van der Waals surface area contributed by atoms with Crippen molar-refractivity contribution in [3.63, 3.8) is 0 Å². The molecule has 1 fully saturated rings. The smallest absolute Gasteiger partial charge is 0.326 e. The number of methoxy groups -OCH3 is 2. The maximum Gasteiger partial charge on any atom is 0.326 e. The summed E-state index contributed by atoms with van der Waals surface area (Å²) in [6, 6.07) is 13.7. The third-order valence-electron chi connectivity index (χ3n) is 10.5. The Morgan fingerprint density at radius 1 is 0.814 bits per heavy atom. The first-order chi connectivity index (χ1) is 20.4. The van der Waals surface area contributed by atoms with E-state index < -0.39 is 55.0 Å². The summed E-state index contributed by atoms with van der Waals surface area (Å²) >= 11 is 0. The number of ether oxygens (including phenoxy) is 2. The molecule has 0 aromatic heterocycles. The maximum atomic E-state index is 14.4. The highest BCUT2D eigenvalue weighted by Crippen LogP contribution is 2.67. The van der Waals surface area contributed by atoms with Crippen molar-refractivity contribution < 1.29 is 33.1 Å². The van der Waals surface area contributed by atoms with Crippen LogP contribution < -0.4 is 0 Å². The number of imide groups is 1. The Morgan fingerprint density at radius 2 is 1.30 bits per heavy atom. The van der Waals surface area contributed by atoms with Crippen LogP contribution in [-0.2, 0) is 35.5 Å². The molecule has 0 spiro atoms. The van der Waals surface area contributed by atoms with Crippen molar-refractivity contribution in [1.29, 1.82) is 0 Å². The maximum absolute atomic E-state index is 14.4. The van der Waals surface area contributed by atoms with Gasteiger partial charge in [-0.1, -0.05) is 77.9 Å². The number of benzene rings is 2. The van der Waals surface area contributed by atoms with Crippen molar-refractivity contribution in [3.8, 4) is 0 Å². The summed E-state index contributed by atoms with van der Waals surface area (Å²) in [7, 11) is -0.332. The molecular formula is C34H43NO7Si. The number of amides is 2. The number of rotatable bonds is 8. The molecule has 5 rings (SSSR count). The third-order valence-corrected chi connectivity index (χ3v) is 16.6. The van der Waals surface area contributed by atoms with E-state index in [0.717, 1.165) is 11.1 Å². The molecule has 0 unspecified atom stereocenters. The highest BCUT2D eigenvalue weighted by Gasteiger charge is 2.78. The van der Waals surface area contributed by atoms with E-state index in [-0.39, 0.29) is 23.0 Å². The van der Waals surface area contributed by atoms with Gasteiger partial charge in [-0.25, -0.2) is 0 Å². The van der Waals surface area contributed by atoms with E-state index in [1.165, 1.54) is 19.1 Å². The van der Waals surface area contributed by atoms with Crippen molar-refractivity contribution in [2.24, 2.45) is 11.3 Å². The zero-order chi connectivity index (χ0) is 31.5. The van der Waals surface area contributed by atoms with Crippen LogP contribution in [0.25, 0.3) is 0 Å². The molecule has 1 heterocycles. The van der Waals surface area contributed by atoms with Gasteiger partial charge in [-0.15, -0.1) is 0 Å². The van der Waals surface area contributed by atoms with Gasteiger partial charge in [-0.3, -0.25) is 24.1 Å². The molecule has 2 aromatic rings. The Morgan fingerprint density at radius 3 is 1.79 bits per heavy atom. The van der Waals surface area contributed by atoms with Crippen LogP contribution in [0.15, 0.2) is 48.5 Å². The number of hydrogen-bond acceptors (Lipinski definition) is 7. The Balaban J connectivity index is 1.88. The predicted octanol–water partition coefficient (Wildman–Crippen LogP) is 6.04. The van der Waals surface area contributed by atoms with E-state index in [1.54, 1.807) is 24.3 Å². The van der Waals surface area contributed by atoms with Crippen molar-refractivity contribution in [2.45, 2.75) is 89.1 Å². The van der Waals surface area contributed by atoms with Crippen LogP contribution in [0.4, 0.5) is 0 Å². The number of aryl methyl sites for hydroxylation is 1. The normalized spacial score (nSPS) is 24.3. The van der Waals surface area contributed by atoms with Crippen LogP contribution in [0.3, 0.4) is 0 Å². The summed E-state index contributed by atoms with van der Waals surface area (Å²) in [5.74, 6) is -2.97. The van der Waals surface area contributed by atoms with Crippen LogP contribution in [-0.4, -0.2) is 57.2 Å². The zero-order valence-corrected chi connectivity index (χ0v) is 27.4. The Labute approximate surface area is 255 Å². The number of esters is 2. The lowest BCUT2D eigenvalue weighted by Crippen LogP contribution is -2.65. The van der Waals surface area contributed by atoms with Crippen LogP contribution >= 0.6 is 0 Å². The van der Waals surface area contributed by atoms with E-state index in [4.69, 9.17) is 13.9 Å². The van der Waals surface area contributed by atoms with Gasteiger partial charge in [0.25, 0.3) is 11.8 Å². The number of carbonyl (C=O) groups excluding carboxylic acids is 4. The minimum Gasteiger partial charge on any atom is -0.468 e. The standard InChI is InChI=1S/C34H43NO7Si/c1-20(2)43(21(3)4,22(5)6)42-34-26-16-12-9-13-23(26)17-18-27(34)28(19-33(34,31(38)40-7)32(39)41-8)35-29(36)24-14-10-11-15-25(24)30(35)37/h9-16,20-22,27-28H,17-19H2,1-8H3/t27-,28+,34+/m1/s1. The van der Waals surface area contributed by atoms with Gasteiger partial charge in [0.2, 0.25) is 8.32 Å². The van der Waals surface area contributed by atoms with Crippen LogP contribution in [0, 0.1) is 11.3 Å². The fourth-order valence-electron chi connectivity index (χ4n) is 8.96. The summed E-state index contributed by atoms with van der Waals surface area (Å²) in [4.78, 5) is 57.9. The fourth-order valence-corrected chi connectivity index (χ4v) is 14.7. The Kier molecular flexibility index (Phi) is 7.97. The first kappa shape index (κ1) is 31.1. The first-order valence-corrected chi connectivity index (χ1v) is 17.4. The molecule has 2 amide bonds. The molecule has 3 aliphatic rings. The largest absolute Gasteiger partial charge is 0.468 e. The van der Waals surface area contributed by atoms with Crippen LogP contribution in [0.2, 0.25) is 16.6 Å². The topological polar surface area (TPSA) is 99.2 Å². The molecule has 2 aliphatic carbocycles. The number of hydrogen-bond donors (Lipinski definition) is 0. The van der Waals surface area contributed by atoms with Gasteiger partial charge >= 0.3 is 11.9 Å². The van der Waals surface area contributed by atoms with E-state index >= 15 is 0 Å². The molecule has 1 saturated carbocycles. The highest BCUT2D eigenvalue weighted by molar-refractivity contribution is 6.77.